The molecule has 0 saturated carbocycles. The number of phenolic OH excluding ortho intramolecular Hbond substituents is 1. The average Bonchev–Trinajstić information content (AvgIpc) is 2.71. The molecule has 1 aliphatic rings. The standard InChI is InChI=1S/C22H28N2O3/c1-3-17(2)20-9-4-5-10-21(20)27-16-22(26)24-13-11-23(12-14-24)18-7-6-8-19(25)15-18/h4-10,15,17,25H,3,11-14,16H2,1-2H3. The van der Waals surface area contributed by atoms with Crippen LogP contribution < -0.4 is 9.64 Å². The maximum Gasteiger partial charge on any atom is 0.260 e. The van der Waals surface area contributed by atoms with Crippen LogP contribution in [0.15, 0.2) is 48.5 Å². The number of aromatic hydroxyl groups is 1. The average molecular weight is 368 g/mol. The van der Waals surface area contributed by atoms with Crippen molar-refractivity contribution in [3.63, 3.8) is 0 Å². The molecule has 0 spiro atoms. The van der Waals surface area contributed by atoms with Crippen molar-refractivity contribution in [1.82, 2.24) is 4.90 Å². The van der Waals surface area contributed by atoms with Crippen molar-refractivity contribution in [2.75, 3.05) is 37.7 Å². The molecule has 1 heterocycles. The maximum absolute atomic E-state index is 12.6. The number of ether oxygens (including phenoxy) is 1. The Labute approximate surface area is 161 Å². The smallest absolute Gasteiger partial charge is 0.260 e. The van der Waals surface area contributed by atoms with E-state index in [-0.39, 0.29) is 18.3 Å². The molecule has 2 aromatic carbocycles. The lowest BCUT2D eigenvalue weighted by Gasteiger charge is -2.36. The molecule has 1 fully saturated rings. The summed E-state index contributed by atoms with van der Waals surface area (Å²) in [5.74, 6) is 1.49. The molecule has 144 valence electrons. The van der Waals surface area contributed by atoms with Crippen LogP contribution in [-0.4, -0.2) is 48.7 Å². The van der Waals surface area contributed by atoms with Gasteiger partial charge in [-0.05, 0) is 36.1 Å². The van der Waals surface area contributed by atoms with Crippen molar-refractivity contribution in [3.05, 3.63) is 54.1 Å². The van der Waals surface area contributed by atoms with E-state index < -0.39 is 0 Å². The third-order valence-corrected chi connectivity index (χ3v) is 5.24. The van der Waals surface area contributed by atoms with Crippen LogP contribution in [0.4, 0.5) is 5.69 Å². The van der Waals surface area contributed by atoms with E-state index in [0.717, 1.165) is 36.5 Å². The number of carbonyl (C=O) groups excluding carboxylic acids is 1. The van der Waals surface area contributed by atoms with Crippen molar-refractivity contribution < 1.29 is 14.6 Å². The molecule has 0 radical (unpaired) electrons. The summed E-state index contributed by atoms with van der Waals surface area (Å²) in [6.45, 7) is 7.20. The predicted molar refractivity (Wildman–Crippen MR) is 108 cm³/mol. The van der Waals surface area contributed by atoms with Gasteiger partial charge in [-0.2, -0.15) is 0 Å². The Morgan fingerprint density at radius 3 is 2.56 bits per heavy atom. The highest BCUT2D eigenvalue weighted by molar-refractivity contribution is 5.78. The molecule has 1 amide bonds. The number of benzene rings is 2. The molecule has 1 saturated heterocycles. The molecular formula is C22H28N2O3. The second-order valence-corrected chi connectivity index (χ2v) is 7.02. The lowest BCUT2D eigenvalue weighted by atomic mass is 9.98. The monoisotopic (exact) mass is 368 g/mol. The highest BCUT2D eigenvalue weighted by atomic mass is 16.5. The number of hydrogen-bond acceptors (Lipinski definition) is 4. The van der Waals surface area contributed by atoms with E-state index in [1.165, 1.54) is 0 Å². The number of hydrogen-bond donors (Lipinski definition) is 1. The minimum absolute atomic E-state index is 0.0181. The summed E-state index contributed by atoms with van der Waals surface area (Å²) in [5, 5.41) is 9.63. The Morgan fingerprint density at radius 1 is 1.11 bits per heavy atom. The number of amides is 1. The molecule has 5 nitrogen and oxygen atoms in total. The molecule has 5 heteroatoms. The Bertz CT molecular complexity index is 770. The summed E-state index contributed by atoms with van der Waals surface area (Å²) in [6, 6.07) is 15.2. The molecule has 0 bridgehead atoms. The first-order chi connectivity index (χ1) is 13.1. The van der Waals surface area contributed by atoms with Crippen LogP contribution in [0, 0.1) is 0 Å². The van der Waals surface area contributed by atoms with Gasteiger partial charge in [0.05, 0.1) is 0 Å². The van der Waals surface area contributed by atoms with Crippen molar-refractivity contribution in [3.8, 4) is 11.5 Å². The molecule has 1 aliphatic heterocycles. The predicted octanol–water partition coefficient (Wildman–Crippen LogP) is 3.63. The molecule has 1 unspecified atom stereocenters. The summed E-state index contributed by atoms with van der Waals surface area (Å²) in [5.41, 5.74) is 2.14. The molecule has 0 aliphatic carbocycles. The van der Waals surface area contributed by atoms with Crippen LogP contribution in [0.1, 0.15) is 31.7 Å². The van der Waals surface area contributed by atoms with Gasteiger partial charge in [0.15, 0.2) is 6.61 Å². The number of phenols is 1. The van der Waals surface area contributed by atoms with Crippen molar-refractivity contribution in [2.24, 2.45) is 0 Å². The van der Waals surface area contributed by atoms with Gasteiger partial charge < -0.3 is 19.6 Å². The minimum Gasteiger partial charge on any atom is -0.508 e. The van der Waals surface area contributed by atoms with E-state index in [4.69, 9.17) is 4.74 Å². The number of carbonyl (C=O) groups is 1. The summed E-state index contributed by atoms with van der Waals surface area (Å²) in [7, 11) is 0. The Balaban J connectivity index is 1.53. The second kappa shape index (κ2) is 8.80. The van der Waals surface area contributed by atoms with Gasteiger partial charge in [-0.25, -0.2) is 0 Å². The fourth-order valence-electron chi connectivity index (χ4n) is 3.37. The van der Waals surface area contributed by atoms with Crippen LogP contribution in [0.2, 0.25) is 0 Å². The first kappa shape index (κ1) is 19.1. The van der Waals surface area contributed by atoms with E-state index in [0.29, 0.717) is 19.0 Å². The normalized spacial score (nSPS) is 15.5. The van der Waals surface area contributed by atoms with E-state index >= 15 is 0 Å². The highest BCUT2D eigenvalue weighted by Crippen LogP contribution is 2.28. The zero-order valence-electron chi connectivity index (χ0n) is 16.1. The van der Waals surface area contributed by atoms with Crippen LogP contribution in [0.5, 0.6) is 11.5 Å². The van der Waals surface area contributed by atoms with Gasteiger partial charge in [-0.15, -0.1) is 0 Å². The van der Waals surface area contributed by atoms with E-state index in [9.17, 15) is 9.90 Å². The lowest BCUT2D eigenvalue weighted by molar-refractivity contribution is -0.133. The van der Waals surface area contributed by atoms with Crippen LogP contribution >= 0.6 is 0 Å². The minimum atomic E-state index is 0.0181. The molecule has 1 N–H and O–H groups in total. The largest absolute Gasteiger partial charge is 0.508 e. The van der Waals surface area contributed by atoms with Gasteiger partial charge in [0, 0.05) is 37.9 Å². The van der Waals surface area contributed by atoms with Crippen LogP contribution in [0.3, 0.4) is 0 Å². The molecule has 1 atom stereocenters. The third kappa shape index (κ3) is 4.73. The molecule has 0 aromatic heterocycles. The number of para-hydroxylation sites is 1. The maximum atomic E-state index is 12.6. The highest BCUT2D eigenvalue weighted by Gasteiger charge is 2.22. The molecule has 2 aromatic rings. The van der Waals surface area contributed by atoms with E-state index in [1.807, 2.05) is 35.2 Å². The summed E-state index contributed by atoms with van der Waals surface area (Å²) < 4.78 is 5.86. The summed E-state index contributed by atoms with van der Waals surface area (Å²) in [6.07, 6.45) is 1.03. The summed E-state index contributed by atoms with van der Waals surface area (Å²) >= 11 is 0. The Hall–Kier alpha value is -2.69. The molecule has 27 heavy (non-hydrogen) atoms. The summed E-state index contributed by atoms with van der Waals surface area (Å²) in [4.78, 5) is 16.6. The van der Waals surface area contributed by atoms with Gasteiger partial charge in [-0.1, -0.05) is 38.1 Å². The van der Waals surface area contributed by atoms with Crippen LogP contribution in [-0.2, 0) is 4.79 Å². The van der Waals surface area contributed by atoms with Gasteiger partial charge in [0.1, 0.15) is 11.5 Å². The lowest BCUT2D eigenvalue weighted by Crippen LogP contribution is -2.50. The fourth-order valence-corrected chi connectivity index (χ4v) is 3.37. The van der Waals surface area contributed by atoms with Gasteiger partial charge in [0.2, 0.25) is 0 Å². The Morgan fingerprint density at radius 2 is 1.85 bits per heavy atom. The number of nitrogens with zero attached hydrogens (tertiary/aromatic N) is 2. The van der Waals surface area contributed by atoms with Gasteiger partial charge in [0.25, 0.3) is 5.91 Å². The number of rotatable bonds is 6. The van der Waals surface area contributed by atoms with Gasteiger partial charge in [-0.3, -0.25) is 4.79 Å². The zero-order valence-corrected chi connectivity index (χ0v) is 16.1. The number of anilines is 1. The van der Waals surface area contributed by atoms with Crippen molar-refractivity contribution in [1.29, 1.82) is 0 Å². The number of piperazine rings is 1. The van der Waals surface area contributed by atoms with E-state index in [2.05, 4.69) is 24.8 Å². The van der Waals surface area contributed by atoms with Crippen molar-refractivity contribution in [2.45, 2.75) is 26.2 Å². The zero-order chi connectivity index (χ0) is 19.2. The van der Waals surface area contributed by atoms with Gasteiger partial charge >= 0.3 is 0 Å². The second-order valence-electron chi connectivity index (χ2n) is 7.02. The molecular weight excluding hydrogens is 340 g/mol. The van der Waals surface area contributed by atoms with E-state index in [1.54, 1.807) is 12.1 Å². The van der Waals surface area contributed by atoms with Crippen molar-refractivity contribution >= 4 is 11.6 Å². The quantitative estimate of drug-likeness (QED) is 0.846. The third-order valence-electron chi connectivity index (χ3n) is 5.24. The van der Waals surface area contributed by atoms with Crippen LogP contribution in [0.25, 0.3) is 0 Å². The fraction of sp³-hybridized carbons (Fsp3) is 0.409. The Kier molecular flexibility index (Phi) is 6.22. The first-order valence-corrected chi connectivity index (χ1v) is 9.62. The first-order valence-electron chi connectivity index (χ1n) is 9.62. The SMILES string of the molecule is CCC(C)c1ccccc1OCC(=O)N1CCN(c2cccc(O)c2)CC1. The molecule has 3 rings (SSSR count). The topological polar surface area (TPSA) is 53.0 Å².